The fourth-order valence-corrected chi connectivity index (χ4v) is 2.55. The second kappa shape index (κ2) is 5.06. The van der Waals surface area contributed by atoms with Gasteiger partial charge in [0, 0.05) is 13.1 Å². The first kappa shape index (κ1) is 14.2. The van der Waals surface area contributed by atoms with Gasteiger partial charge >= 0.3 is 11.9 Å². The predicted octanol–water partition coefficient (Wildman–Crippen LogP) is -0.998. The Kier molecular flexibility index (Phi) is 3.60. The molecule has 1 amide bonds. The van der Waals surface area contributed by atoms with Crippen molar-refractivity contribution in [3.8, 4) is 0 Å². The number of carboxylic acids is 2. The second-order valence-corrected chi connectivity index (χ2v) is 4.71. The highest BCUT2D eigenvalue weighted by Crippen LogP contribution is 2.35. The molecule has 1 fully saturated rings. The van der Waals surface area contributed by atoms with Crippen molar-refractivity contribution in [3.63, 3.8) is 0 Å². The highest BCUT2D eigenvalue weighted by Gasteiger charge is 2.46. The van der Waals surface area contributed by atoms with Crippen LogP contribution in [0, 0.1) is 5.92 Å². The Morgan fingerprint density at radius 3 is 2.65 bits per heavy atom. The number of hydrogen-bond acceptors (Lipinski definition) is 5. The summed E-state index contributed by atoms with van der Waals surface area (Å²) in [6, 6.07) is -0.726. The van der Waals surface area contributed by atoms with Crippen LogP contribution in [0.15, 0.2) is 23.9 Å². The molecular formula is C12H15N3O5. The third-order valence-electron chi connectivity index (χ3n) is 3.34. The average molecular weight is 281 g/mol. The van der Waals surface area contributed by atoms with Gasteiger partial charge in [-0.05, 0) is 5.57 Å². The topological polar surface area (TPSA) is 124 Å². The van der Waals surface area contributed by atoms with Gasteiger partial charge in [-0.15, -0.1) is 6.58 Å². The molecule has 0 bridgehead atoms. The molecule has 0 spiro atoms. The molecule has 108 valence electrons. The maximum Gasteiger partial charge on any atom is 0.316 e. The first-order valence-corrected chi connectivity index (χ1v) is 6.00. The van der Waals surface area contributed by atoms with E-state index in [1.54, 1.807) is 5.01 Å². The number of carbonyl (C=O) groups excluding carboxylic acids is 1. The average Bonchev–Trinajstić information content (AvgIpc) is 2.79. The largest absolute Gasteiger partial charge is 0.481 e. The standard InChI is InChI=1S/C12H15N3O5/c1-2-7(12(19)20)10-6(3-9(16)17)4-14-5-8(13)11(18)15(10)14/h2,7-8H,1,3-5,13H2,(H,16,17)(H,19,20)/t7?,8-/m0/s1. The van der Waals surface area contributed by atoms with E-state index in [1.165, 1.54) is 11.1 Å². The fraction of sp³-hybridized carbons (Fsp3) is 0.417. The summed E-state index contributed by atoms with van der Waals surface area (Å²) in [6.45, 7) is 3.89. The highest BCUT2D eigenvalue weighted by molar-refractivity contribution is 5.88. The maximum atomic E-state index is 12.0. The molecule has 8 heteroatoms. The lowest BCUT2D eigenvalue weighted by atomic mass is 9.98. The molecule has 0 aliphatic carbocycles. The number of aliphatic carboxylic acids is 2. The molecular weight excluding hydrogens is 266 g/mol. The Labute approximate surface area is 114 Å². The van der Waals surface area contributed by atoms with E-state index < -0.39 is 29.8 Å². The van der Waals surface area contributed by atoms with E-state index >= 15 is 0 Å². The van der Waals surface area contributed by atoms with Crippen LogP contribution in [0.4, 0.5) is 0 Å². The molecule has 8 nitrogen and oxygen atoms in total. The van der Waals surface area contributed by atoms with E-state index in [-0.39, 0.29) is 25.2 Å². The SMILES string of the molecule is C=CC(C(=O)O)C1=C(CC(=O)O)CN2C[C@H](N)C(=O)N12. The molecule has 2 aliphatic heterocycles. The molecule has 0 saturated carbocycles. The molecule has 2 atom stereocenters. The summed E-state index contributed by atoms with van der Waals surface area (Å²) in [5, 5.41) is 20.9. The first-order valence-electron chi connectivity index (χ1n) is 6.00. The van der Waals surface area contributed by atoms with Gasteiger partial charge < -0.3 is 15.9 Å². The minimum absolute atomic E-state index is 0.160. The first-order chi connectivity index (χ1) is 9.36. The third kappa shape index (κ3) is 2.19. The zero-order valence-electron chi connectivity index (χ0n) is 10.7. The summed E-state index contributed by atoms with van der Waals surface area (Å²) >= 11 is 0. The van der Waals surface area contributed by atoms with Crippen molar-refractivity contribution >= 4 is 17.8 Å². The van der Waals surface area contributed by atoms with Gasteiger partial charge in [0.1, 0.15) is 12.0 Å². The van der Waals surface area contributed by atoms with E-state index in [1.807, 2.05) is 0 Å². The fourth-order valence-electron chi connectivity index (χ4n) is 2.55. The Morgan fingerprint density at radius 2 is 2.15 bits per heavy atom. The number of rotatable bonds is 5. The summed E-state index contributed by atoms with van der Waals surface area (Å²) in [5.74, 6) is -3.82. The molecule has 4 N–H and O–H groups in total. The lowest BCUT2D eigenvalue weighted by molar-refractivity contribution is -0.141. The van der Waals surface area contributed by atoms with Crippen molar-refractivity contribution in [3.05, 3.63) is 23.9 Å². The Hall–Kier alpha value is -2.19. The van der Waals surface area contributed by atoms with Crippen molar-refractivity contribution in [2.24, 2.45) is 11.7 Å². The van der Waals surface area contributed by atoms with Crippen LogP contribution in [-0.2, 0) is 14.4 Å². The quantitative estimate of drug-likeness (QED) is 0.552. The minimum atomic E-state index is -1.19. The smallest absolute Gasteiger partial charge is 0.316 e. The maximum absolute atomic E-state index is 12.0. The number of hydrazine groups is 1. The zero-order chi connectivity index (χ0) is 15.0. The lowest BCUT2D eigenvalue weighted by Gasteiger charge is -2.24. The minimum Gasteiger partial charge on any atom is -0.481 e. The van der Waals surface area contributed by atoms with Gasteiger partial charge in [-0.2, -0.15) is 0 Å². The summed E-state index contributed by atoms with van der Waals surface area (Å²) < 4.78 is 0. The van der Waals surface area contributed by atoms with E-state index in [0.29, 0.717) is 5.57 Å². The lowest BCUT2D eigenvalue weighted by Crippen LogP contribution is -2.38. The molecule has 2 rings (SSSR count). The van der Waals surface area contributed by atoms with Crippen LogP contribution in [0.5, 0.6) is 0 Å². The normalized spacial score (nSPS) is 23.9. The third-order valence-corrected chi connectivity index (χ3v) is 3.34. The summed E-state index contributed by atoms with van der Waals surface area (Å²) in [6.07, 6.45) is 0.864. The van der Waals surface area contributed by atoms with Gasteiger partial charge in [0.2, 0.25) is 0 Å². The molecule has 0 aromatic rings. The van der Waals surface area contributed by atoms with Crippen molar-refractivity contribution < 1.29 is 24.6 Å². The molecule has 0 radical (unpaired) electrons. The van der Waals surface area contributed by atoms with Crippen molar-refractivity contribution in [1.29, 1.82) is 0 Å². The van der Waals surface area contributed by atoms with Crippen LogP contribution >= 0.6 is 0 Å². The monoisotopic (exact) mass is 281 g/mol. The van der Waals surface area contributed by atoms with E-state index in [9.17, 15) is 19.5 Å². The van der Waals surface area contributed by atoms with Crippen molar-refractivity contribution in [2.45, 2.75) is 12.5 Å². The summed E-state index contributed by atoms with van der Waals surface area (Å²) in [7, 11) is 0. The van der Waals surface area contributed by atoms with Crippen molar-refractivity contribution in [1.82, 2.24) is 10.0 Å². The number of nitrogens with zero attached hydrogens (tertiary/aromatic N) is 2. The Morgan fingerprint density at radius 1 is 1.50 bits per heavy atom. The van der Waals surface area contributed by atoms with E-state index in [0.717, 1.165) is 0 Å². The number of hydrogen-bond donors (Lipinski definition) is 3. The van der Waals surface area contributed by atoms with Gasteiger partial charge in [-0.1, -0.05) is 6.08 Å². The van der Waals surface area contributed by atoms with Crippen LogP contribution in [-0.4, -0.2) is 57.2 Å². The number of nitrogens with two attached hydrogens (primary N) is 1. The van der Waals surface area contributed by atoms with Gasteiger partial charge in [-0.25, -0.2) is 10.0 Å². The number of fused-ring (bicyclic) bond motifs is 1. The van der Waals surface area contributed by atoms with Crippen LogP contribution in [0.2, 0.25) is 0 Å². The highest BCUT2D eigenvalue weighted by atomic mass is 16.4. The number of amides is 1. The van der Waals surface area contributed by atoms with Crippen LogP contribution < -0.4 is 5.73 Å². The molecule has 1 unspecified atom stereocenters. The van der Waals surface area contributed by atoms with Crippen LogP contribution in [0.25, 0.3) is 0 Å². The summed E-state index contributed by atoms with van der Waals surface area (Å²) in [5.41, 5.74) is 6.20. The molecule has 20 heavy (non-hydrogen) atoms. The zero-order valence-corrected chi connectivity index (χ0v) is 10.7. The number of carboxylic acid groups (broad SMARTS) is 2. The van der Waals surface area contributed by atoms with E-state index in [4.69, 9.17) is 10.8 Å². The molecule has 1 saturated heterocycles. The molecule has 2 aliphatic rings. The van der Waals surface area contributed by atoms with Crippen molar-refractivity contribution in [2.75, 3.05) is 13.1 Å². The molecule has 0 aromatic heterocycles. The Balaban J connectivity index is 2.46. The Bertz CT molecular complexity index is 527. The predicted molar refractivity (Wildman–Crippen MR) is 67.0 cm³/mol. The van der Waals surface area contributed by atoms with Gasteiger partial charge in [0.15, 0.2) is 0 Å². The second-order valence-electron chi connectivity index (χ2n) is 4.71. The number of carbonyl (C=O) groups is 3. The van der Waals surface area contributed by atoms with Gasteiger partial charge in [0.05, 0.1) is 12.1 Å². The van der Waals surface area contributed by atoms with Crippen LogP contribution in [0.1, 0.15) is 6.42 Å². The van der Waals surface area contributed by atoms with Crippen LogP contribution in [0.3, 0.4) is 0 Å². The molecule has 0 aromatic carbocycles. The van der Waals surface area contributed by atoms with Gasteiger partial charge in [-0.3, -0.25) is 14.4 Å². The van der Waals surface area contributed by atoms with Gasteiger partial charge in [0.25, 0.3) is 5.91 Å². The molecule has 2 heterocycles. The summed E-state index contributed by atoms with van der Waals surface area (Å²) in [4.78, 5) is 34.2. The van der Waals surface area contributed by atoms with E-state index in [2.05, 4.69) is 6.58 Å².